The normalized spacial score (nSPS) is 21.9. The van der Waals surface area contributed by atoms with Crippen molar-refractivity contribution in [1.82, 2.24) is 0 Å². The first-order valence-electron chi connectivity index (χ1n) is 6.98. The predicted molar refractivity (Wildman–Crippen MR) is 80.0 cm³/mol. The van der Waals surface area contributed by atoms with Crippen molar-refractivity contribution < 1.29 is 9.53 Å². The minimum absolute atomic E-state index is 0.0327. The van der Waals surface area contributed by atoms with Crippen molar-refractivity contribution in [1.29, 1.82) is 0 Å². The summed E-state index contributed by atoms with van der Waals surface area (Å²) in [6.45, 7) is 6.24. The van der Waals surface area contributed by atoms with Crippen LogP contribution in [0.5, 0.6) is 0 Å². The first-order chi connectivity index (χ1) is 9.63. The van der Waals surface area contributed by atoms with E-state index in [4.69, 9.17) is 4.74 Å². The SMILES string of the molecule is CCOC(=O)C1=NN=C(Cc2ccccc2)[C@@H](C)C1C. The van der Waals surface area contributed by atoms with Crippen LogP contribution in [0.2, 0.25) is 0 Å². The molecule has 0 saturated heterocycles. The molecule has 20 heavy (non-hydrogen) atoms. The average Bonchev–Trinajstić information content (AvgIpc) is 2.45. The van der Waals surface area contributed by atoms with Crippen molar-refractivity contribution in [2.75, 3.05) is 6.61 Å². The number of esters is 1. The third-order valence-electron chi connectivity index (χ3n) is 3.71. The largest absolute Gasteiger partial charge is 0.461 e. The molecule has 0 N–H and O–H groups in total. The van der Waals surface area contributed by atoms with Gasteiger partial charge in [-0.1, -0.05) is 44.2 Å². The fourth-order valence-corrected chi connectivity index (χ4v) is 2.26. The van der Waals surface area contributed by atoms with E-state index in [1.807, 2.05) is 25.1 Å². The van der Waals surface area contributed by atoms with Gasteiger partial charge in [0, 0.05) is 24.0 Å². The van der Waals surface area contributed by atoms with E-state index in [-0.39, 0.29) is 17.8 Å². The number of nitrogens with zero attached hydrogens (tertiary/aromatic N) is 2. The van der Waals surface area contributed by atoms with Gasteiger partial charge in [-0.05, 0) is 12.5 Å². The third-order valence-corrected chi connectivity index (χ3v) is 3.71. The molecule has 1 aromatic rings. The number of carbonyl (C=O) groups excluding carboxylic acids is 1. The summed E-state index contributed by atoms with van der Waals surface area (Å²) in [7, 11) is 0. The fraction of sp³-hybridized carbons (Fsp3) is 0.438. The van der Waals surface area contributed by atoms with Gasteiger partial charge in [0.25, 0.3) is 0 Å². The van der Waals surface area contributed by atoms with E-state index in [1.165, 1.54) is 5.56 Å². The van der Waals surface area contributed by atoms with Gasteiger partial charge in [0.1, 0.15) is 0 Å². The lowest BCUT2D eigenvalue weighted by Gasteiger charge is -2.25. The molecule has 106 valence electrons. The number of carbonyl (C=O) groups is 1. The summed E-state index contributed by atoms with van der Waals surface area (Å²) in [5, 5.41) is 8.33. The van der Waals surface area contributed by atoms with Crippen molar-refractivity contribution >= 4 is 17.4 Å². The summed E-state index contributed by atoms with van der Waals surface area (Å²) in [5.41, 5.74) is 2.65. The minimum Gasteiger partial charge on any atom is -0.461 e. The second-order valence-corrected chi connectivity index (χ2v) is 5.04. The molecule has 1 aliphatic heterocycles. The smallest absolute Gasteiger partial charge is 0.354 e. The van der Waals surface area contributed by atoms with Crippen molar-refractivity contribution in [2.24, 2.45) is 22.0 Å². The molecule has 0 amide bonds. The molecule has 0 bridgehead atoms. The van der Waals surface area contributed by atoms with Crippen LogP contribution in [-0.2, 0) is 16.0 Å². The monoisotopic (exact) mass is 272 g/mol. The number of hydrogen-bond donors (Lipinski definition) is 0. The number of hydrogen-bond acceptors (Lipinski definition) is 4. The van der Waals surface area contributed by atoms with Crippen molar-refractivity contribution in [3.05, 3.63) is 35.9 Å². The van der Waals surface area contributed by atoms with Crippen LogP contribution < -0.4 is 0 Å². The molecule has 0 radical (unpaired) electrons. The first kappa shape index (κ1) is 14.4. The summed E-state index contributed by atoms with van der Waals surface area (Å²) >= 11 is 0. The van der Waals surface area contributed by atoms with E-state index >= 15 is 0 Å². The molecule has 2 rings (SSSR count). The molecule has 0 saturated carbocycles. The Kier molecular flexibility index (Phi) is 4.66. The summed E-state index contributed by atoms with van der Waals surface area (Å²) in [6, 6.07) is 10.2. The van der Waals surface area contributed by atoms with Gasteiger partial charge in [0.15, 0.2) is 5.71 Å². The molecule has 4 nitrogen and oxygen atoms in total. The van der Waals surface area contributed by atoms with E-state index in [9.17, 15) is 4.79 Å². The van der Waals surface area contributed by atoms with Gasteiger partial charge in [0.2, 0.25) is 0 Å². The Bertz CT molecular complexity index is 535. The molecule has 1 aliphatic rings. The van der Waals surface area contributed by atoms with Gasteiger partial charge in [-0.3, -0.25) is 0 Å². The zero-order chi connectivity index (χ0) is 14.5. The van der Waals surface area contributed by atoms with E-state index in [0.29, 0.717) is 12.3 Å². The second-order valence-electron chi connectivity index (χ2n) is 5.04. The highest BCUT2D eigenvalue weighted by Crippen LogP contribution is 2.22. The van der Waals surface area contributed by atoms with Gasteiger partial charge < -0.3 is 4.74 Å². The Morgan fingerprint density at radius 2 is 1.85 bits per heavy atom. The molecule has 2 atom stereocenters. The molecule has 0 aromatic heterocycles. The molecule has 1 unspecified atom stereocenters. The maximum Gasteiger partial charge on any atom is 0.354 e. The molecule has 0 fully saturated rings. The van der Waals surface area contributed by atoms with Crippen molar-refractivity contribution in [3.63, 3.8) is 0 Å². The third kappa shape index (κ3) is 3.13. The van der Waals surface area contributed by atoms with Crippen LogP contribution in [-0.4, -0.2) is 24.0 Å². The van der Waals surface area contributed by atoms with Gasteiger partial charge in [-0.2, -0.15) is 5.10 Å². The molecule has 4 heteroatoms. The van der Waals surface area contributed by atoms with E-state index in [1.54, 1.807) is 6.92 Å². The highest BCUT2D eigenvalue weighted by Gasteiger charge is 2.31. The summed E-state index contributed by atoms with van der Waals surface area (Å²) < 4.78 is 5.01. The highest BCUT2D eigenvalue weighted by molar-refractivity contribution is 6.38. The van der Waals surface area contributed by atoms with Crippen LogP contribution in [0, 0.1) is 11.8 Å². The van der Waals surface area contributed by atoms with Gasteiger partial charge in [0.05, 0.1) is 6.61 Å². The Labute approximate surface area is 119 Å². The van der Waals surface area contributed by atoms with Gasteiger partial charge >= 0.3 is 5.97 Å². The second kappa shape index (κ2) is 6.46. The fourth-order valence-electron chi connectivity index (χ4n) is 2.26. The molecular formula is C16H20N2O2. The molecule has 0 aliphatic carbocycles. The molecular weight excluding hydrogens is 252 g/mol. The van der Waals surface area contributed by atoms with Crippen molar-refractivity contribution in [3.8, 4) is 0 Å². The standard InChI is InChI=1S/C16H20N2O2/c1-4-20-16(19)15-12(3)11(2)14(17-18-15)10-13-8-6-5-7-9-13/h5-9,11-12H,4,10H2,1-3H3/t11-,12?/m0/s1. The quantitative estimate of drug-likeness (QED) is 0.791. The number of ether oxygens (including phenoxy) is 1. The molecule has 0 spiro atoms. The Hall–Kier alpha value is -1.97. The topological polar surface area (TPSA) is 51.0 Å². The first-order valence-corrected chi connectivity index (χ1v) is 6.98. The van der Waals surface area contributed by atoms with Crippen LogP contribution in [0.15, 0.2) is 40.5 Å². The van der Waals surface area contributed by atoms with Crippen LogP contribution in [0.25, 0.3) is 0 Å². The summed E-state index contributed by atoms with van der Waals surface area (Å²) in [5.74, 6) is -0.133. The zero-order valence-electron chi connectivity index (χ0n) is 12.2. The number of rotatable bonds is 4. The number of benzene rings is 1. The van der Waals surface area contributed by atoms with Crippen LogP contribution in [0.4, 0.5) is 0 Å². The average molecular weight is 272 g/mol. The van der Waals surface area contributed by atoms with E-state index in [0.717, 1.165) is 12.1 Å². The zero-order valence-corrected chi connectivity index (χ0v) is 12.2. The Morgan fingerprint density at radius 3 is 2.50 bits per heavy atom. The van der Waals surface area contributed by atoms with Crippen LogP contribution >= 0.6 is 0 Å². The van der Waals surface area contributed by atoms with Crippen LogP contribution in [0.3, 0.4) is 0 Å². The minimum atomic E-state index is -0.352. The van der Waals surface area contributed by atoms with Gasteiger partial charge in [-0.25, -0.2) is 4.79 Å². The highest BCUT2D eigenvalue weighted by atomic mass is 16.5. The predicted octanol–water partition coefficient (Wildman–Crippen LogP) is 2.88. The van der Waals surface area contributed by atoms with Crippen LogP contribution in [0.1, 0.15) is 26.3 Å². The Morgan fingerprint density at radius 1 is 1.15 bits per heavy atom. The maximum absolute atomic E-state index is 11.8. The lowest BCUT2D eigenvalue weighted by atomic mass is 9.84. The van der Waals surface area contributed by atoms with E-state index in [2.05, 4.69) is 29.3 Å². The lowest BCUT2D eigenvalue weighted by molar-refractivity contribution is -0.135. The van der Waals surface area contributed by atoms with Crippen molar-refractivity contribution in [2.45, 2.75) is 27.2 Å². The lowest BCUT2D eigenvalue weighted by Crippen LogP contribution is -2.35. The summed E-state index contributed by atoms with van der Waals surface area (Å²) in [4.78, 5) is 11.8. The van der Waals surface area contributed by atoms with E-state index < -0.39 is 0 Å². The maximum atomic E-state index is 11.8. The van der Waals surface area contributed by atoms with Gasteiger partial charge in [-0.15, -0.1) is 5.10 Å². The summed E-state index contributed by atoms with van der Waals surface area (Å²) in [6.07, 6.45) is 0.770. The molecule has 1 aromatic carbocycles. The molecule has 1 heterocycles. The Balaban J connectivity index is 2.17.